The summed E-state index contributed by atoms with van der Waals surface area (Å²) in [4.78, 5) is 31.0. The van der Waals surface area contributed by atoms with Crippen LogP contribution < -0.4 is 5.56 Å². The van der Waals surface area contributed by atoms with Crippen molar-refractivity contribution in [2.45, 2.75) is 44.6 Å². The highest BCUT2D eigenvalue weighted by Gasteiger charge is 2.29. The second-order valence-corrected chi connectivity index (χ2v) is 7.69. The van der Waals surface area contributed by atoms with E-state index in [1.165, 1.54) is 29.9 Å². The van der Waals surface area contributed by atoms with Crippen molar-refractivity contribution in [1.29, 1.82) is 0 Å². The molecule has 3 heterocycles. The summed E-state index contributed by atoms with van der Waals surface area (Å²) >= 11 is 0. The molecular weight excluding hydrogens is 328 g/mol. The van der Waals surface area contributed by atoms with E-state index < -0.39 is 0 Å². The summed E-state index contributed by atoms with van der Waals surface area (Å²) in [5, 5.41) is 0. The minimum absolute atomic E-state index is 0.00222. The van der Waals surface area contributed by atoms with Crippen LogP contribution in [0.1, 0.15) is 54.2 Å². The van der Waals surface area contributed by atoms with Gasteiger partial charge in [-0.25, -0.2) is 4.98 Å². The number of carbonyl (C=O) groups excluding carboxylic acids is 1. The van der Waals surface area contributed by atoms with E-state index in [0.717, 1.165) is 37.7 Å². The fourth-order valence-corrected chi connectivity index (χ4v) is 4.06. The number of rotatable bonds is 4. The Bertz CT molecular complexity index is 849. The van der Waals surface area contributed by atoms with E-state index in [1.807, 2.05) is 11.1 Å². The van der Waals surface area contributed by atoms with Gasteiger partial charge in [0.2, 0.25) is 5.56 Å². The van der Waals surface area contributed by atoms with Crippen molar-refractivity contribution in [3.63, 3.8) is 0 Å². The summed E-state index contributed by atoms with van der Waals surface area (Å²) < 4.78 is 3.76. The molecule has 138 valence electrons. The molecule has 0 spiro atoms. The molecule has 1 saturated carbocycles. The first-order chi connectivity index (χ1) is 12.6. The van der Waals surface area contributed by atoms with Crippen LogP contribution in [0.25, 0.3) is 0 Å². The molecular formula is C20H26N4O2. The van der Waals surface area contributed by atoms with Gasteiger partial charge in [-0.3, -0.25) is 9.59 Å². The molecule has 0 radical (unpaired) electrons. The number of pyridine rings is 1. The van der Waals surface area contributed by atoms with Gasteiger partial charge in [0.1, 0.15) is 5.82 Å². The van der Waals surface area contributed by atoms with E-state index in [-0.39, 0.29) is 17.4 Å². The lowest BCUT2D eigenvalue weighted by Gasteiger charge is -2.33. The molecule has 6 nitrogen and oxygen atoms in total. The Labute approximate surface area is 153 Å². The van der Waals surface area contributed by atoms with Gasteiger partial charge in [-0.2, -0.15) is 0 Å². The normalized spacial score (nSPS) is 20.8. The predicted molar refractivity (Wildman–Crippen MR) is 99.1 cm³/mol. The van der Waals surface area contributed by atoms with Gasteiger partial charge in [-0.15, -0.1) is 0 Å². The molecule has 1 atom stereocenters. The summed E-state index contributed by atoms with van der Waals surface area (Å²) in [5.74, 6) is 2.20. The minimum Gasteiger partial charge on any atom is -0.338 e. The second kappa shape index (κ2) is 7.09. The van der Waals surface area contributed by atoms with E-state index in [0.29, 0.717) is 12.1 Å². The zero-order chi connectivity index (χ0) is 18.1. The molecule has 26 heavy (non-hydrogen) atoms. The van der Waals surface area contributed by atoms with Gasteiger partial charge in [0, 0.05) is 57.3 Å². The summed E-state index contributed by atoms with van der Waals surface area (Å²) in [7, 11) is 1.68. The van der Waals surface area contributed by atoms with Crippen LogP contribution in [-0.4, -0.2) is 38.0 Å². The van der Waals surface area contributed by atoms with Gasteiger partial charge in [-0.1, -0.05) is 6.42 Å². The van der Waals surface area contributed by atoms with E-state index >= 15 is 0 Å². The molecule has 2 aliphatic rings. The summed E-state index contributed by atoms with van der Waals surface area (Å²) in [6, 6.07) is 3.09. The molecule has 0 N–H and O–H groups in total. The first-order valence-electron chi connectivity index (χ1n) is 9.59. The average Bonchev–Trinajstić information content (AvgIpc) is 3.08. The molecule has 6 heteroatoms. The maximum absolute atomic E-state index is 12.9. The summed E-state index contributed by atoms with van der Waals surface area (Å²) in [6.07, 6.45) is 11.6. The Morgan fingerprint density at radius 1 is 1.23 bits per heavy atom. The van der Waals surface area contributed by atoms with Crippen molar-refractivity contribution in [3.05, 3.63) is 52.5 Å². The van der Waals surface area contributed by atoms with E-state index in [4.69, 9.17) is 0 Å². The number of imidazole rings is 1. The molecule has 2 aromatic rings. The molecule has 1 aliphatic heterocycles. The lowest BCUT2D eigenvalue weighted by atomic mass is 9.85. The number of piperidine rings is 1. The number of nitrogens with zero attached hydrogens (tertiary/aromatic N) is 4. The Hall–Kier alpha value is -2.37. The summed E-state index contributed by atoms with van der Waals surface area (Å²) in [5.41, 5.74) is 0.474. The van der Waals surface area contributed by atoms with Gasteiger partial charge < -0.3 is 14.0 Å². The van der Waals surface area contributed by atoms with Gasteiger partial charge in [0.15, 0.2) is 0 Å². The number of likely N-dealkylation sites (tertiary alicyclic amines) is 1. The number of carbonyl (C=O) groups is 1. The highest BCUT2D eigenvalue weighted by Crippen LogP contribution is 2.31. The summed E-state index contributed by atoms with van der Waals surface area (Å²) in [6.45, 7) is 2.52. The number of hydrogen-bond acceptors (Lipinski definition) is 3. The SMILES string of the molecule is Cn1cc(C(=O)N2CCC[C@@H](c3nccn3CC3CCC3)C2)ccc1=O. The third-order valence-electron chi connectivity index (χ3n) is 5.83. The highest BCUT2D eigenvalue weighted by molar-refractivity contribution is 5.94. The molecule has 1 saturated heterocycles. The van der Waals surface area contributed by atoms with Crippen molar-refractivity contribution in [1.82, 2.24) is 19.0 Å². The lowest BCUT2D eigenvalue weighted by molar-refractivity contribution is 0.0701. The zero-order valence-electron chi connectivity index (χ0n) is 15.3. The quantitative estimate of drug-likeness (QED) is 0.847. The molecule has 0 aromatic carbocycles. The third kappa shape index (κ3) is 3.32. The average molecular weight is 354 g/mol. The first kappa shape index (κ1) is 17.1. The number of amides is 1. The second-order valence-electron chi connectivity index (χ2n) is 7.69. The zero-order valence-corrected chi connectivity index (χ0v) is 15.3. The molecule has 2 fully saturated rings. The fraction of sp³-hybridized carbons (Fsp3) is 0.550. The molecule has 1 amide bonds. The maximum Gasteiger partial charge on any atom is 0.255 e. The molecule has 4 rings (SSSR count). The lowest BCUT2D eigenvalue weighted by Crippen LogP contribution is -2.40. The van der Waals surface area contributed by atoms with Crippen LogP contribution in [0.2, 0.25) is 0 Å². The number of hydrogen-bond donors (Lipinski definition) is 0. The van der Waals surface area contributed by atoms with Gasteiger partial charge >= 0.3 is 0 Å². The van der Waals surface area contributed by atoms with Crippen molar-refractivity contribution in [2.75, 3.05) is 13.1 Å². The molecule has 1 aliphatic carbocycles. The van der Waals surface area contributed by atoms with Crippen LogP contribution in [0.15, 0.2) is 35.5 Å². The number of aromatic nitrogens is 3. The van der Waals surface area contributed by atoms with E-state index in [2.05, 4.69) is 15.7 Å². The van der Waals surface area contributed by atoms with Crippen molar-refractivity contribution >= 4 is 5.91 Å². The van der Waals surface area contributed by atoms with Crippen LogP contribution >= 0.6 is 0 Å². The van der Waals surface area contributed by atoms with Crippen LogP contribution in [0.3, 0.4) is 0 Å². The van der Waals surface area contributed by atoms with Crippen molar-refractivity contribution < 1.29 is 4.79 Å². The first-order valence-corrected chi connectivity index (χ1v) is 9.59. The third-order valence-corrected chi connectivity index (χ3v) is 5.83. The monoisotopic (exact) mass is 354 g/mol. The van der Waals surface area contributed by atoms with Gasteiger partial charge in [0.25, 0.3) is 5.91 Å². The van der Waals surface area contributed by atoms with Crippen molar-refractivity contribution in [3.8, 4) is 0 Å². The largest absolute Gasteiger partial charge is 0.338 e. The van der Waals surface area contributed by atoms with Gasteiger partial charge in [-0.05, 0) is 37.7 Å². The Morgan fingerprint density at radius 3 is 2.81 bits per heavy atom. The molecule has 0 unspecified atom stereocenters. The van der Waals surface area contributed by atoms with Gasteiger partial charge in [0.05, 0.1) is 5.56 Å². The Balaban J connectivity index is 1.49. The standard InChI is InChI=1S/C20H26N4O2/c1-22-13-17(7-8-18(22)25)20(26)24-10-3-6-16(14-24)19-21-9-11-23(19)12-15-4-2-5-15/h7-9,11,13,15-16H,2-6,10,12,14H2,1H3/t16-/m1/s1. The Morgan fingerprint density at radius 2 is 2.08 bits per heavy atom. The topological polar surface area (TPSA) is 60.1 Å². The molecule has 0 bridgehead atoms. The van der Waals surface area contributed by atoms with E-state index in [1.54, 1.807) is 19.3 Å². The van der Waals surface area contributed by atoms with Crippen LogP contribution in [0, 0.1) is 5.92 Å². The minimum atomic E-state index is -0.101. The predicted octanol–water partition coefficient (Wildman–Crippen LogP) is 2.40. The maximum atomic E-state index is 12.9. The van der Waals surface area contributed by atoms with Crippen LogP contribution in [0.5, 0.6) is 0 Å². The smallest absolute Gasteiger partial charge is 0.255 e. The fourth-order valence-electron chi connectivity index (χ4n) is 4.06. The van der Waals surface area contributed by atoms with Crippen molar-refractivity contribution in [2.24, 2.45) is 13.0 Å². The van der Waals surface area contributed by atoms with Crippen LogP contribution in [-0.2, 0) is 13.6 Å². The molecule has 2 aromatic heterocycles. The van der Waals surface area contributed by atoms with Crippen LogP contribution in [0.4, 0.5) is 0 Å². The van der Waals surface area contributed by atoms with E-state index in [9.17, 15) is 9.59 Å². The highest BCUT2D eigenvalue weighted by atomic mass is 16.2. The number of aryl methyl sites for hydroxylation is 1. The Kier molecular flexibility index (Phi) is 4.66.